The second-order valence-electron chi connectivity index (χ2n) is 5.98. The van der Waals surface area contributed by atoms with Crippen LogP contribution < -0.4 is 5.43 Å². The van der Waals surface area contributed by atoms with Crippen LogP contribution in [0.2, 0.25) is 0 Å². The fourth-order valence-electron chi connectivity index (χ4n) is 2.63. The van der Waals surface area contributed by atoms with Crippen LogP contribution in [0, 0.1) is 10.1 Å². The number of sulfonamides is 1. The van der Waals surface area contributed by atoms with Crippen molar-refractivity contribution in [1.29, 1.82) is 0 Å². The number of anilines is 1. The zero-order chi connectivity index (χ0) is 20.1. The molecule has 0 unspecified atom stereocenters. The normalized spacial score (nSPS) is 16.0. The van der Waals surface area contributed by atoms with E-state index in [1.54, 1.807) is 31.3 Å². The number of hydrazone groups is 1. The van der Waals surface area contributed by atoms with Crippen LogP contribution in [-0.2, 0) is 14.8 Å². The lowest BCUT2D eigenvalue weighted by Crippen LogP contribution is -2.40. The van der Waals surface area contributed by atoms with Crippen molar-refractivity contribution >= 4 is 27.1 Å². The van der Waals surface area contributed by atoms with E-state index in [1.165, 1.54) is 16.4 Å². The molecule has 1 aromatic heterocycles. The minimum Gasteiger partial charge on any atom is -0.379 e. The largest absolute Gasteiger partial charge is 0.379 e. The highest BCUT2D eigenvalue weighted by atomic mass is 32.2. The zero-order valence-corrected chi connectivity index (χ0v) is 15.9. The van der Waals surface area contributed by atoms with E-state index in [0.717, 1.165) is 6.07 Å². The summed E-state index contributed by atoms with van der Waals surface area (Å²) in [6.45, 7) is 2.72. The number of nitrogens with one attached hydrogen (secondary N) is 1. The predicted octanol–water partition coefficient (Wildman–Crippen LogP) is 1.85. The third-order valence-electron chi connectivity index (χ3n) is 4.15. The molecule has 1 saturated heterocycles. The lowest BCUT2D eigenvalue weighted by atomic mass is 10.2. The number of aromatic nitrogens is 1. The topological polar surface area (TPSA) is 127 Å². The van der Waals surface area contributed by atoms with Gasteiger partial charge in [0.25, 0.3) is 5.69 Å². The number of nitrogens with zero attached hydrogens (tertiary/aromatic N) is 4. The Hall–Kier alpha value is -2.89. The van der Waals surface area contributed by atoms with Crippen LogP contribution in [0.15, 0.2) is 52.6 Å². The number of morpholine rings is 1. The van der Waals surface area contributed by atoms with Crippen molar-refractivity contribution in [3.05, 3.63) is 58.4 Å². The van der Waals surface area contributed by atoms with E-state index >= 15 is 0 Å². The first-order chi connectivity index (χ1) is 13.4. The van der Waals surface area contributed by atoms with Crippen molar-refractivity contribution in [1.82, 2.24) is 9.29 Å². The Labute approximate surface area is 162 Å². The van der Waals surface area contributed by atoms with E-state index in [2.05, 4.69) is 15.5 Å². The van der Waals surface area contributed by atoms with E-state index in [1.807, 2.05) is 0 Å². The van der Waals surface area contributed by atoms with Gasteiger partial charge in [-0.1, -0.05) is 6.07 Å². The first kappa shape index (κ1) is 19.9. The van der Waals surface area contributed by atoms with Gasteiger partial charge >= 0.3 is 0 Å². The van der Waals surface area contributed by atoms with Crippen LogP contribution in [0.1, 0.15) is 12.6 Å². The summed E-state index contributed by atoms with van der Waals surface area (Å²) in [7, 11) is -3.83. The smallest absolute Gasteiger partial charge is 0.295 e. The standard InChI is InChI=1S/C17H19N5O5S/c1-13(15-4-2-3-7-18-15)19-20-16-6-5-14(12-17(16)22(23)24)28(25,26)21-8-10-27-11-9-21/h2-7,12,20H,8-11H2,1H3. The van der Waals surface area contributed by atoms with Gasteiger partial charge in [-0.25, -0.2) is 8.42 Å². The van der Waals surface area contributed by atoms with Crippen molar-refractivity contribution in [3.63, 3.8) is 0 Å². The minimum absolute atomic E-state index is 0.0845. The van der Waals surface area contributed by atoms with Gasteiger partial charge in [-0.15, -0.1) is 0 Å². The van der Waals surface area contributed by atoms with Crippen LogP contribution in [0.5, 0.6) is 0 Å². The summed E-state index contributed by atoms with van der Waals surface area (Å²) < 4.78 is 31.8. The fourth-order valence-corrected chi connectivity index (χ4v) is 4.06. The van der Waals surface area contributed by atoms with E-state index in [9.17, 15) is 18.5 Å². The molecule has 1 N–H and O–H groups in total. The summed E-state index contributed by atoms with van der Waals surface area (Å²) in [5.74, 6) is 0. The van der Waals surface area contributed by atoms with Crippen molar-refractivity contribution in [2.24, 2.45) is 5.10 Å². The summed E-state index contributed by atoms with van der Waals surface area (Å²) in [5, 5.41) is 15.6. The molecule has 10 nitrogen and oxygen atoms in total. The minimum atomic E-state index is -3.83. The van der Waals surface area contributed by atoms with Crippen LogP contribution in [0.3, 0.4) is 0 Å². The molecule has 11 heteroatoms. The number of pyridine rings is 1. The number of hydrogen-bond acceptors (Lipinski definition) is 8. The molecule has 0 bridgehead atoms. The first-order valence-corrected chi connectivity index (χ1v) is 9.91. The summed E-state index contributed by atoms with van der Waals surface area (Å²) in [6.07, 6.45) is 1.61. The summed E-state index contributed by atoms with van der Waals surface area (Å²) in [4.78, 5) is 14.8. The maximum Gasteiger partial charge on any atom is 0.295 e. The monoisotopic (exact) mass is 405 g/mol. The average Bonchev–Trinajstić information content (AvgIpc) is 2.73. The molecule has 28 heavy (non-hydrogen) atoms. The van der Waals surface area contributed by atoms with Gasteiger partial charge in [0.05, 0.1) is 34.4 Å². The number of benzene rings is 1. The molecule has 1 fully saturated rings. The van der Waals surface area contributed by atoms with Gasteiger partial charge in [0.1, 0.15) is 5.69 Å². The number of ether oxygens (including phenoxy) is 1. The summed E-state index contributed by atoms with van der Waals surface area (Å²) in [5.41, 5.74) is 3.47. The zero-order valence-electron chi connectivity index (χ0n) is 15.1. The molecule has 0 aliphatic carbocycles. The predicted molar refractivity (Wildman–Crippen MR) is 103 cm³/mol. The molecular formula is C17H19N5O5S. The molecule has 1 aromatic carbocycles. The van der Waals surface area contributed by atoms with E-state index < -0.39 is 14.9 Å². The molecule has 1 aliphatic rings. The maximum atomic E-state index is 12.7. The quantitative estimate of drug-likeness (QED) is 0.441. The van der Waals surface area contributed by atoms with Gasteiger partial charge in [0, 0.05) is 25.4 Å². The Bertz CT molecular complexity index is 988. The van der Waals surface area contributed by atoms with Crippen LogP contribution in [0.25, 0.3) is 0 Å². The molecule has 0 spiro atoms. The second kappa shape index (κ2) is 8.42. The first-order valence-electron chi connectivity index (χ1n) is 8.47. The van der Waals surface area contributed by atoms with Crippen LogP contribution in [-0.4, -0.2) is 54.6 Å². The number of nitro groups is 1. The molecule has 0 amide bonds. The molecule has 0 saturated carbocycles. The van der Waals surface area contributed by atoms with E-state index in [0.29, 0.717) is 24.6 Å². The molecule has 2 heterocycles. The van der Waals surface area contributed by atoms with Gasteiger partial charge in [-0.2, -0.15) is 9.41 Å². The summed E-state index contributed by atoms with van der Waals surface area (Å²) >= 11 is 0. The number of nitro benzene ring substituents is 1. The lowest BCUT2D eigenvalue weighted by molar-refractivity contribution is -0.384. The highest BCUT2D eigenvalue weighted by molar-refractivity contribution is 7.89. The molecular weight excluding hydrogens is 386 g/mol. The van der Waals surface area contributed by atoms with Crippen LogP contribution >= 0.6 is 0 Å². The molecule has 148 valence electrons. The third kappa shape index (κ3) is 4.32. The van der Waals surface area contributed by atoms with Crippen molar-refractivity contribution in [2.75, 3.05) is 31.7 Å². The van der Waals surface area contributed by atoms with E-state index in [4.69, 9.17) is 4.74 Å². The number of rotatable bonds is 6. The molecule has 2 aromatic rings. The van der Waals surface area contributed by atoms with Crippen molar-refractivity contribution in [2.45, 2.75) is 11.8 Å². The SMILES string of the molecule is CC(=NNc1ccc(S(=O)(=O)N2CCOCC2)cc1[N+](=O)[O-])c1ccccn1. The van der Waals surface area contributed by atoms with E-state index in [-0.39, 0.29) is 29.4 Å². The number of hydrogen-bond donors (Lipinski definition) is 1. The fraction of sp³-hybridized carbons (Fsp3) is 0.294. The Morgan fingerprint density at radius 3 is 2.68 bits per heavy atom. The summed E-state index contributed by atoms with van der Waals surface area (Å²) in [6, 6.07) is 9.02. The van der Waals surface area contributed by atoms with Crippen molar-refractivity contribution in [3.8, 4) is 0 Å². The van der Waals surface area contributed by atoms with Gasteiger partial charge < -0.3 is 4.74 Å². The van der Waals surface area contributed by atoms with Gasteiger partial charge in [0.2, 0.25) is 10.0 Å². The third-order valence-corrected chi connectivity index (χ3v) is 6.05. The Morgan fingerprint density at radius 1 is 1.29 bits per heavy atom. The average molecular weight is 405 g/mol. The van der Waals surface area contributed by atoms with Crippen LogP contribution in [0.4, 0.5) is 11.4 Å². The highest BCUT2D eigenvalue weighted by Crippen LogP contribution is 2.29. The molecule has 1 aliphatic heterocycles. The Balaban J connectivity index is 1.88. The maximum absolute atomic E-state index is 12.7. The molecule has 0 atom stereocenters. The van der Waals surface area contributed by atoms with Gasteiger partial charge in [0.15, 0.2) is 0 Å². The Kier molecular flexibility index (Phi) is 5.97. The van der Waals surface area contributed by atoms with Gasteiger partial charge in [-0.05, 0) is 31.2 Å². The Morgan fingerprint density at radius 2 is 2.04 bits per heavy atom. The lowest BCUT2D eigenvalue weighted by Gasteiger charge is -2.26. The van der Waals surface area contributed by atoms with Crippen molar-refractivity contribution < 1.29 is 18.1 Å². The molecule has 0 radical (unpaired) electrons. The molecule has 3 rings (SSSR count). The highest BCUT2D eigenvalue weighted by Gasteiger charge is 2.28. The second-order valence-corrected chi connectivity index (χ2v) is 7.91. The van der Waals surface area contributed by atoms with Gasteiger partial charge in [-0.3, -0.25) is 20.5 Å².